The van der Waals surface area contributed by atoms with Crippen molar-refractivity contribution in [3.8, 4) is 11.5 Å². The molecule has 2 fully saturated rings. The molecule has 1 aromatic carbocycles. The monoisotopic (exact) mass is 362 g/mol. The molecule has 2 amide bonds. The van der Waals surface area contributed by atoms with Crippen LogP contribution in [0.2, 0.25) is 0 Å². The van der Waals surface area contributed by atoms with E-state index >= 15 is 0 Å². The zero-order valence-corrected chi connectivity index (χ0v) is 15.3. The Kier molecular flexibility index (Phi) is 5.54. The molecule has 0 spiro atoms. The van der Waals surface area contributed by atoms with E-state index in [0.717, 1.165) is 18.4 Å². The lowest BCUT2D eigenvalue weighted by atomic mass is 9.89. The summed E-state index contributed by atoms with van der Waals surface area (Å²) < 4.78 is 16.5. The number of nitrogens with two attached hydrogens (primary N) is 1. The molecular weight excluding hydrogens is 336 g/mol. The van der Waals surface area contributed by atoms with E-state index < -0.39 is 11.9 Å². The molecule has 1 heterocycles. The van der Waals surface area contributed by atoms with Gasteiger partial charge in [0.1, 0.15) is 0 Å². The van der Waals surface area contributed by atoms with E-state index in [-0.39, 0.29) is 24.5 Å². The third-order valence-electron chi connectivity index (χ3n) is 5.35. The highest BCUT2D eigenvalue weighted by Crippen LogP contribution is 2.39. The van der Waals surface area contributed by atoms with E-state index in [1.54, 1.807) is 7.11 Å². The number of methoxy groups -OCH3 is 2. The first-order chi connectivity index (χ1) is 12.5. The Balaban J connectivity index is 1.88. The number of amides is 2. The molecule has 0 aromatic heterocycles. The molecule has 1 saturated heterocycles. The summed E-state index contributed by atoms with van der Waals surface area (Å²) in [6, 6.07) is 5.14. The lowest BCUT2D eigenvalue weighted by Crippen LogP contribution is -2.34. The van der Waals surface area contributed by atoms with Crippen LogP contribution in [0.5, 0.6) is 11.5 Å². The largest absolute Gasteiger partial charge is 0.493 e. The third kappa shape index (κ3) is 3.71. The fourth-order valence-corrected chi connectivity index (χ4v) is 3.91. The van der Waals surface area contributed by atoms with Crippen LogP contribution in [-0.2, 0) is 9.53 Å². The SMILES string of the molecule is COC(=O)[C@@H]1CN(C(N)=O)CC1c1ccc(OC)c(OC2CCCC2)c1. The number of hydrogen-bond acceptors (Lipinski definition) is 5. The summed E-state index contributed by atoms with van der Waals surface area (Å²) in [7, 11) is 2.97. The maximum absolute atomic E-state index is 12.2. The van der Waals surface area contributed by atoms with Crippen LogP contribution in [0.1, 0.15) is 37.2 Å². The Morgan fingerprint density at radius 2 is 1.85 bits per heavy atom. The van der Waals surface area contributed by atoms with Crippen molar-refractivity contribution in [2.45, 2.75) is 37.7 Å². The number of primary amides is 1. The van der Waals surface area contributed by atoms with E-state index in [0.29, 0.717) is 18.0 Å². The smallest absolute Gasteiger partial charge is 0.314 e. The fourth-order valence-electron chi connectivity index (χ4n) is 3.91. The van der Waals surface area contributed by atoms with Gasteiger partial charge in [0.15, 0.2) is 11.5 Å². The van der Waals surface area contributed by atoms with Gasteiger partial charge in [-0.25, -0.2) is 4.79 Å². The van der Waals surface area contributed by atoms with E-state index in [1.807, 2.05) is 18.2 Å². The number of benzene rings is 1. The number of urea groups is 1. The van der Waals surface area contributed by atoms with Crippen LogP contribution < -0.4 is 15.2 Å². The van der Waals surface area contributed by atoms with Crippen LogP contribution in [0.15, 0.2) is 18.2 Å². The molecule has 0 radical (unpaired) electrons. The van der Waals surface area contributed by atoms with Crippen molar-refractivity contribution in [3.05, 3.63) is 23.8 Å². The number of nitrogens with zero attached hydrogens (tertiary/aromatic N) is 1. The van der Waals surface area contributed by atoms with Gasteiger partial charge in [-0.15, -0.1) is 0 Å². The lowest BCUT2D eigenvalue weighted by Gasteiger charge is -2.20. The number of hydrogen-bond donors (Lipinski definition) is 1. The van der Waals surface area contributed by atoms with Crippen LogP contribution in [0.3, 0.4) is 0 Å². The Labute approximate surface area is 153 Å². The number of carbonyl (C=O) groups is 2. The third-order valence-corrected chi connectivity index (χ3v) is 5.35. The molecule has 1 saturated carbocycles. The number of ether oxygens (including phenoxy) is 3. The zero-order valence-electron chi connectivity index (χ0n) is 15.3. The molecule has 1 aliphatic heterocycles. The van der Waals surface area contributed by atoms with Crippen molar-refractivity contribution in [1.29, 1.82) is 0 Å². The van der Waals surface area contributed by atoms with Crippen LogP contribution in [-0.4, -0.2) is 50.3 Å². The summed E-state index contributed by atoms with van der Waals surface area (Å²) in [6.45, 7) is 0.641. The van der Waals surface area contributed by atoms with Crippen molar-refractivity contribution in [2.75, 3.05) is 27.3 Å². The van der Waals surface area contributed by atoms with Gasteiger partial charge in [0.05, 0.1) is 26.2 Å². The number of rotatable bonds is 5. The quantitative estimate of drug-likeness (QED) is 0.812. The number of carbonyl (C=O) groups excluding carboxylic acids is 2. The van der Waals surface area contributed by atoms with Crippen LogP contribution in [0, 0.1) is 5.92 Å². The second kappa shape index (κ2) is 7.85. The van der Waals surface area contributed by atoms with Crippen LogP contribution in [0.25, 0.3) is 0 Å². The number of likely N-dealkylation sites (tertiary alicyclic amines) is 1. The van der Waals surface area contributed by atoms with Gasteiger partial charge in [0.25, 0.3) is 0 Å². The van der Waals surface area contributed by atoms with Crippen molar-refractivity contribution >= 4 is 12.0 Å². The first-order valence-corrected chi connectivity index (χ1v) is 9.00. The minimum absolute atomic E-state index is 0.188. The summed E-state index contributed by atoms with van der Waals surface area (Å²) in [5.74, 6) is 0.373. The van der Waals surface area contributed by atoms with Gasteiger partial charge < -0.3 is 24.8 Å². The molecule has 1 aromatic rings. The minimum atomic E-state index is -0.530. The summed E-state index contributed by atoms with van der Waals surface area (Å²) in [6.07, 6.45) is 4.62. The fraction of sp³-hybridized carbons (Fsp3) is 0.579. The Morgan fingerprint density at radius 1 is 1.12 bits per heavy atom. The maximum Gasteiger partial charge on any atom is 0.314 e. The van der Waals surface area contributed by atoms with E-state index in [4.69, 9.17) is 19.9 Å². The van der Waals surface area contributed by atoms with Gasteiger partial charge in [-0.3, -0.25) is 4.79 Å². The van der Waals surface area contributed by atoms with Crippen molar-refractivity contribution in [2.24, 2.45) is 11.7 Å². The van der Waals surface area contributed by atoms with Gasteiger partial charge in [0.2, 0.25) is 0 Å². The van der Waals surface area contributed by atoms with E-state index in [9.17, 15) is 9.59 Å². The zero-order chi connectivity index (χ0) is 18.7. The second-order valence-corrected chi connectivity index (χ2v) is 6.91. The molecule has 142 valence electrons. The molecule has 2 atom stereocenters. The molecule has 1 unspecified atom stereocenters. The highest BCUT2D eigenvalue weighted by atomic mass is 16.5. The number of esters is 1. The molecule has 7 heteroatoms. The molecule has 3 rings (SSSR count). The van der Waals surface area contributed by atoms with E-state index in [1.165, 1.54) is 24.9 Å². The highest BCUT2D eigenvalue weighted by molar-refractivity contribution is 5.78. The molecule has 2 N–H and O–H groups in total. The van der Waals surface area contributed by atoms with Crippen LogP contribution in [0.4, 0.5) is 4.79 Å². The molecule has 26 heavy (non-hydrogen) atoms. The first-order valence-electron chi connectivity index (χ1n) is 9.00. The summed E-state index contributed by atoms with van der Waals surface area (Å²) in [5.41, 5.74) is 6.33. The Morgan fingerprint density at radius 3 is 2.46 bits per heavy atom. The predicted molar refractivity (Wildman–Crippen MR) is 95.3 cm³/mol. The average Bonchev–Trinajstić information content (AvgIpc) is 3.30. The Hall–Kier alpha value is -2.44. The van der Waals surface area contributed by atoms with Gasteiger partial charge >= 0.3 is 12.0 Å². The molecule has 2 aliphatic rings. The first kappa shape index (κ1) is 18.4. The minimum Gasteiger partial charge on any atom is -0.493 e. The second-order valence-electron chi connectivity index (χ2n) is 6.91. The van der Waals surface area contributed by atoms with Gasteiger partial charge in [-0.05, 0) is 43.4 Å². The van der Waals surface area contributed by atoms with Gasteiger partial charge in [0, 0.05) is 19.0 Å². The maximum atomic E-state index is 12.2. The molecule has 1 aliphatic carbocycles. The predicted octanol–water partition coefficient (Wildman–Crippen LogP) is 2.28. The molecule has 0 bridgehead atoms. The average molecular weight is 362 g/mol. The van der Waals surface area contributed by atoms with Crippen molar-refractivity contribution in [3.63, 3.8) is 0 Å². The van der Waals surface area contributed by atoms with Crippen molar-refractivity contribution < 1.29 is 23.8 Å². The standard InChI is InChI=1S/C19H26N2O5/c1-24-16-8-7-12(9-17(16)26-13-5-3-4-6-13)14-10-21(19(20)23)11-15(14)18(22)25-2/h7-9,13-15H,3-6,10-11H2,1-2H3,(H2,20,23)/t14?,15-/m1/s1. The summed E-state index contributed by atoms with van der Waals surface area (Å²) in [5, 5.41) is 0. The Bertz CT molecular complexity index is 672. The summed E-state index contributed by atoms with van der Waals surface area (Å²) in [4.78, 5) is 25.3. The highest BCUT2D eigenvalue weighted by Gasteiger charge is 2.41. The summed E-state index contributed by atoms with van der Waals surface area (Å²) >= 11 is 0. The van der Waals surface area contributed by atoms with E-state index in [2.05, 4.69) is 0 Å². The molecular formula is C19H26N2O5. The van der Waals surface area contributed by atoms with Gasteiger partial charge in [-0.1, -0.05) is 6.07 Å². The van der Waals surface area contributed by atoms with Crippen molar-refractivity contribution in [1.82, 2.24) is 4.90 Å². The topological polar surface area (TPSA) is 91.1 Å². The normalized spacial score (nSPS) is 23.1. The molecule has 7 nitrogen and oxygen atoms in total. The lowest BCUT2D eigenvalue weighted by molar-refractivity contribution is -0.145. The van der Waals surface area contributed by atoms with Crippen LogP contribution >= 0.6 is 0 Å². The van der Waals surface area contributed by atoms with Gasteiger partial charge in [-0.2, -0.15) is 0 Å².